The lowest BCUT2D eigenvalue weighted by atomic mass is 9.89. The van der Waals surface area contributed by atoms with E-state index in [9.17, 15) is 5.11 Å². The van der Waals surface area contributed by atoms with E-state index in [0.29, 0.717) is 0 Å². The molecule has 1 aliphatic carbocycles. The van der Waals surface area contributed by atoms with Gasteiger partial charge >= 0.3 is 0 Å². The van der Waals surface area contributed by atoms with E-state index in [0.717, 1.165) is 36.9 Å². The van der Waals surface area contributed by atoms with Crippen molar-refractivity contribution < 1.29 is 5.11 Å². The second kappa shape index (κ2) is 6.42. The van der Waals surface area contributed by atoms with E-state index >= 15 is 0 Å². The number of rotatable bonds is 7. The summed E-state index contributed by atoms with van der Waals surface area (Å²) in [5.41, 5.74) is 8.39. The number of nitrogens with two attached hydrogens (primary N) is 1. The second-order valence-electron chi connectivity index (χ2n) is 5.97. The second-order valence-corrected chi connectivity index (χ2v) is 5.97. The normalized spacial score (nSPS) is 21.6. The first kappa shape index (κ1) is 14.4. The lowest BCUT2D eigenvalue weighted by Gasteiger charge is -2.24. The van der Waals surface area contributed by atoms with Crippen molar-refractivity contribution in [3.8, 4) is 0 Å². The zero-order valence-corrected chi connectivity index (χ0v) is 12.1. The minimum absolute atomic E-state index is 0.589. The van der Waals surface area contributed by atoms with Gasteiger partial charge in [-0.2, -0.15) is 0 Å². The Hall–Kier alpha value is -1.02. The monoisotopic (exact) mass is 261 g/mol. The smallest absolute Gasteiger partial charge is 0.0902 e. The van der Waals surface area contributed by atoms with Gasteiger partial charge in [0.1, 0.15) is 0 Å². The van der Waals surface area contributed by atoms with Gasteiger partial charge in [-0.15, -0.1) is 0 Å². The number of hydrogen-bond acceptors (Lipinski definition) is 2. The van der Waals surface area contributed by atoms with Crippen LogP contribution in [0, 0.1) is 0 Å². The van der Waals surface area contributed by atoms with Crippen molar-refractivity contribution in [2.45, 2.75) is 70.3 Å². The molecule has 1 unspecified atom stereocenters. The maximum atomic E-state index is 10.8. The number of aryl methyl sites for hydroxylation is 1. The summed E-state index contributed by atoms with van der Waals surface area (Å²) in [6.07, 6.45) is 10.4. The Bertz CT molecular complexity index is 416. The quantitative estimate of drug-likeness (QED) is 0.572. The highest BCUT2D eigenvalue weighted by atomic mass is 16.3. The van der Waals surface area contributed by atoms with Gasteiger partial charge in [-0.25, -0.2) is 0 Å². The molecule has 2 nitrogen and oxygen atoms in total. The van der Waals surface area contributed by atoms with E-state index in [4.69, 9.17) is 5.73 Å². The Morgan fingerprint density at radius 3 is 2.68 bits per heavy atom. The summed E-state index contributed by atoms with van der Waals surface area (Å²) in [6, 6.07) is 5.96. The van der Waals surface area contributed by atoms with Crippen LogP contribution in [0.4, 0.5) is 5.69 Å². The van der Waals surface area contributed by atoms with Crippen LogP contribution in [-0.4, -0.2) is 5.11 Å². The molecule has 1 aromatic carbocycles. The van der Waals surface area contributed by atoms with Gasteiger partial charge in [-0.1, -0.05) is 51.5 Å². The van der Waals surface area contributed by atoms with Crippen LogP contribution in [0.3, 0.4) is 0 Å². The van der Waals surface area contributed by atoms with Crippen LogP contribution in [0.25, 0.3) is 0 Å². The summed E-state index contributed by atoms with van der Waals surface area (Å²) < 4.78 is 0. The number of unbranched alkanes of at least 4 members (excludes halogenated alkanes) is 5. The van der Waals surface area contributed by atoms with E-state index in [1.807, 2.05) is 18.2 Å². The van der Waals surface area contributed by atoms with Crippen molar-refractivity contribution in [1.29, 1.82) is 0 Å². The van der Waals surface area contributed by atoms with Crippen LogP contribution in [0.1, 0.15) is 69.4 Å². The summed E-state index contributed by atoms with van der Waals surface area (Å²) in [6.45, 7) is 2.24. The molecule has 0 saturated heterocycles. The summed E-state index contributed by atoms with van der Waals surface area (Å²) in [5, 5.41) is 10.8. The average molecular weight is 261 g/mol. The van der Waals surface area contributed by atoms with E-state index in [1.165, 1.54) is 37.7 Å². The number of nitrogen functional groups attached to an aromatic ring is 1. The number of anilines is 1. The molecule has 0 aliphatic heterocycles. The third-order valence-electron chi connectivity index (χ3n) is 4.38. The number of benzene rings is 1. The molecule has 106 valence electrons. The van der Waals surface area contributed by atoms with Crippen molar-refractivity contribution in [3.05, 3.63) is 29.3 Å². The zero-order valence-electron chi connectivity index (χ0n) is 12.1. The molecule has 1 aromatic rings. The van der Waals surface area contributed by atoms with E-state index < -0.39 is 5.60 Å². The first-order chi connectivity index (χ1) is 9.15. The first-order valence-corrected chi connectivity index (χ1v) is 7.77. The lowest BCUT2D eigenvalue weighted by Crippen LogP contribution is -2.22. The van der Waals surface area contributed by atoms with Crippen molar-refractivity contribution in [2.75, 3.05) is 5.73 Å². The molecule has 2 rings (SSSR count). The van der Waals surface area contributed by atoms with E-state index in [-0.39, 0.29) is 0 Å². The third-order valence-corrected chi connectivity index (χ3v) is 4.38. The molecule has 19 heavy (non-hydrogen) atoms. The standard InChI is InChI=1S/C17H27NO/c1-2-3-4-5-6-7-11-17(19)12-10-14-13-15(18)8-9-16(14)17/h8-9,13,19H,2-7,10-12,18H2,1H3. The molecule has 1 aliphatic rings. The van der Waals surface area contributed by atoms with Crippen LogP contribution < -0.4 is 5.73 Å². The van der Waals surface area contributed by atoms with Gasteiger partial charge in [-0.3, -0.25) is 0 Å². The highest BCUT2D eigenvalue weighted by Crippen LogP contribution is 2.41. The van der Waals surface area contributed by atoms with Gasteiger partial charge in [-0.05, 0) is 42.5 Å². The highest BCUT2D eigenvalue weighted by molar-refractivity contribution is 5.48. The van der Waals surface area contributed by atoms with Gasteiger partial charge in [0.05, 0.1) is 5.60 Å². The fourth-order valence-electron chi connectivity index (χ4n) is 3.21. The van der Waals surface area contributed by atoms with Crippen LogP contribution in [0.2, 0.25) is 0 Å². The predicted molar refractivity (Wildman–Crippen MR) is 81.1 cm³/mol. The number of fused-ring (bicyclic) bond motifs is 1. The zero-order chi connectivity index (χ0) is 13.7. The van der Waals surface area contributed by atoms with Gasteiger partial charge in [0, 0.05) is 5.69 Å². The molecule has 0 bridgehead atoms. The SMILES string of the molecule is CCCCCCCCC1(O)CCc2cc(N)ccc21. The molecule has 3 N–H and O–H groups in total. The summed E-state index contributed by atoms with van der Waals surface area (Å²) in [7, 11) is 0. The fourth-order valence-corrected chi connectivity index (χ4v) is 3.21. The molecule has 0 heterocycles. The number of hydrogen-bond donors (Lipinski definition) is 2. The largest absolute Gasteiger partial charge is 0.399 e. The third kappa shape index (κ3) is 3.50. The van der Waals surface area contributed by atoms with Crippen LogP contribution >= 0.6 is 0 Å². The lowest BCUT2D eigenvalue weighted by molar-refractivity contribution is 0.0267. The molecule has 0 fully saturated rings. The maximum absolute atomic E-state index is 10.8. The molecule has 0 aromatic heterocycles. The molecule has 0 saturated carbocycles. The van der Waals surface area contributed by atoms with Crippen molar-refractivity contribution >= 4 is 5.69 Å². The van der Waals surface area contributed by atoms with Crippen LogP contribution in [0.5, 0.6) is 0 Å². The molecule has 0 spiro atoms. The molecular formula is C17H27NO. The van der Waals surface area contributed by atoms with E-state index in [1.54, 1.807) is 0 Å². The molecule has 0 amide bonds. The summed E-state index contributed by atoms with van der Waals surface area (Å²) in [4.78, 5) is 0. The highest BCUT2D eigenvalue weighted by Gasteiger charge is 2.35. The summed E-state index contributed by atoms with van der Waals surface area (Å²) >= 11 is 0. The molecular weight excluding hydrogens is 234 g/mol. The van der Waals surface area contributed by atoms with Crippen LogP contribution in [-0.2, 0) is 12.0 Å². The number of aliphatic hydroxyl groups is 1. The van der Waals surface area contributed by atoms with Crippen molar-refractivity contribution in [3.63, 3.8) is 0 Å². The first-order valence-electron chi connectivity index (χ1n) is 7.77. The molecule has 0 radical (unpaired) electrons. The topological polar surface area (TPSA) is 46.2 Å². The van der Waals surface area contributed by atoms with Gasteiger partial charge < -0.3 is 10.8 Å². The Kier molecular flexibility index (Phi) is 4.87. The van der Waals surface area contributed by atoms with Gasteiger partial charge in [0.15, 0.2) is 0 Å². The average Bonchev–Trinajstić information content (AvgIpc) is 2.71. The Labute approximate surface area is 117 Å². The maximum Gasteiger partial charge on any atom is 0.0902 e. The minimum atomic E-state index is -0.589. The van der Waals surface area contributed by atoms with Crippen molar-refractivity contribution in [2.24, 2.45) is 0 Å². The van der Waals surface area contributed by atoms with Gasteiger partial charge in [0.25, 0.3) is 0 Å². The Morgan fingerprint density at radius 2 is 1.89 bits per heavy atom. The van der Waals surface area contributed by atoms with E-state index in [2.05, 4.69) is 6.92 Å². The minimum Gasteiger partial charge on any atom is -0.399 e. The Morgan fingerprint density at radius 1 is 1.16 bits per heavy atom. The van der Waals surface area contributed by atoms with Crippen LogP contribution in [0.15, 0.2) is 18.2 Å². The summed E-state index contributed by atoms with van der Waals surface area (Å²) in [5.74, 6) is 0. The fraction of sp³-hybridized carbons (Fsp3) is 0.647. The Balaban J connectivity index is 1.84. The predicted octanol–water partition coefficient (Wildman–Crippen LogP) is 4.15. The molecule has 2 heteroatoms. The van der Waals surface area contributed by atoms with Gasteiger partial charge in [0.2, 0.25) is 0 Å². The molecule has 1 atom stereocenters. The van der Waals surface area contributed by atoms with Crippen molar-refractivity contribution in [1.82, 2.24) is 0 Å².